The van der Waals surface area contributed by atoms with E-state index in [0.29, 0.717) is 24.0 Å². The first-order chi connectivity index (χ1) is 10.4. The average molecular weight is 361 g/mol. The standard InChI is InChI=1S/C14H17ClN2O3S2/c1-3-17(4-2)22(19,20)12-6-8-14(18)16(10-12)9-11-5-7-13(15)21-11/h5-8,10H,3-4,9H2,1-2H3. The van der Waals surface area contributed by atoms with E-state index in [0.717, 1.165) is 4.88 Å². The summed E-state index contributed by atoms with van der Waals surface area (Å²) >= 11 is 7.24. The summed E-state index contributed by atoms with van der Waals surface area (Å²) in [6.07, 6.45) is 1.39. The van der Waals surface area contributed by atoms with Crippen LogP contribution in [-0.4, -0.2) is 30.4 Å². The summed E-state index contributed by atoms with van der Waals surface area (Å²) in [4.78, 5) is 13.0. The number of pyridine rings is 1. The molecule has 0 N–H and O–H groups in total. The lowest BCUT2D eigenvalue weighted by atomic mass is 10.4. The molecule has 0 aliphatic carbocycles. The number of sulfonamides is 1. The van der Waals surface area contributed by atoms with Crippen LogP contribution in [0.2, 0.25) is 4.34 Å². The van der Waals surface area contributed by atoms with Crippen molar-refractivity contribution < 1.29 is 8.42 Å². The lowest BCUT2D eigenvalue weighted by Crippen LogP contribution is -2.32. The Balaban J connectivity index is 2.40. The Morgan fingerprint density at radius 1 is 1.18 bits per heavy atom. The summed E-state index contributed by atoms with van der Waals surface area (Å²) in [5.74, 6) is 0. The summed E-state index contributed by atoms with van der Waals surface area (Å²) in [5, 5.41) is 0. The molecule has 8 heteroatoms. The van der Waals surface area contributed by atoms with Crippen molar-refractivity contribution >= 4 is 33.0 Å². The third-order valence-corrected chi connectivity index (χ3v) is 6.50. The molecule has 0 radical (unpaired) electrons. The van der Waals surface area contributed by atoms with E-state index in [1.165, 1.54) is 38.5 Å². The van der Waals surface area contributed by atoms with Crippen LogP contribution in [-0.2, 0) is 16.6 Å². The highest BCUT2D eigenvalue weighted by molar-refractivity contribution is 7.89. The van der Waals surface area contributed by atoms with Crippen molar-refractivity contribution in [1.82, 2.24) is 8.87 Å². The van der Waals surface area contributed by atoms with Crippen LogP contribution >= 0.6 is 22.9 Å². The van der Waals surface area contributed by atoms with Crippen LogP contribution < -0.4 is 5.56 Å². The van der Waals surface area contributed by atoms with Gasteiger partial charge in [-0.25, -0.2) is 8.42 Å². The molecule has 5 nitrogen and oxygen atoms in total. The number of hydrogen-bond donors (Lipinski definition) is 0. The normalized spacial score (nSPS) is 12.0. The number of hydrogen-bond acceptors (Lipinski definition) is 4. The summed E-state index contributed by atoms with van der Waals surface area (Å²) < 4.78 is 28.4. The van der Waals surface area contributed by atoms with Crippen molar-refractivity contribution in [3.8, 4) is 0 Å². The van der Waals surface area contributed by atoms with Crippen molar-refractivity contribution in [1.29, 1.82) is 0 Å². The van der Waals surface area contributed by atoms with Gasteiger partial charge < -0.3 is 4.57 Å². The molecule has 0 spiro atoms. The summed E-state index contributed by atoms with van der Waals surface area (Å²) in [6.45, 7) is 4.64. The predicted molar refractivity (Wildman–Crippen MR) is 89.2 cm³/mol. The molecule has 0 saturated carbocycles. The minimum Gasteiger partial charge on any atom is -0.309 e. The second kappa shape index (κ2) is 6.95. The molecule has 0 atom stereocenters. The fourth-order valence-corrected chi connectivity index (χ4v) is 4.67. The second-order valence-corrected chi connectivity index (χ2v) is 8.36. The molecule has 0 unspecified atom stereocenters. The highest BCUT2D eigenvalue weighted by Gasteiger charge is 2.22. The van der Waals surface area contributed by atoms with Gasteiger partial charge in [0.05, 0.1) is 15.8 Å². The molecule has 0 amide bonds. The van der Waals surface area contributed by atoms with Crippen LogP contribution in [0, 0.1) is 0 Å². The number of aromatic nitrogens is 1. The highest BCUT2D eigenvalue weighted by Crippen LogP contribution is 2.22. The van der Waals surface area contributed by atoms with E-state index in [9.17, 15) is 13.2 Å². The number of thiophene rings is 1. The average Bonchev–Trinajstić information content (AvgIpc) is 2.87. The first kappa shape index (κ1) is 17.2. The third kappa shape index (κ3) is 3.60. The number of nitrogens with zero attached hydrogens (tertiary/aromatic N) is 2. The minimum atomic E-state index is -3.58. The van der Waals surface area contributed by atoms with Crippen molar-refractivity contribution in [2.24, 2.45) is 0 Å². The molecule has 0 bridgehead atoms. The van der Waals surface area contributed by atoms with E-state index < -0.39 is 10.0 Å². The van der Waals surface area contributed by atoms with Gasteiger partial charge in [0.15, 0.2) is 0 Å². The van der Waals surface area contributed by atoms with E-state index >= 15 is 0 Å². The van der Waals surface area contributed by atoms with Gasteiger partial charge in [-0.1, -0.05) is 25.4 Å². The van der Waals surface area contributed by atoms with Crippen LogP contribution in [0.5, 0.6) is 0 Å². The molecule has 2 aromatic rings. The summed E-state index contributed by atoms with van der Waals surface area (Å²) in [7, 11) is -3.58. The number of halogens is 1. The molecule has 120 valence electrons. The van der Waals surface area contributed by atoms with Gasteiger partial charge in [0.1, 0.15) is 0 Å². The lowest BCUT2D eigenvalue weighted by Gasteiger charge is -2.18. The SMILES string of the molecule is CCN(CC)S(=O)(=O)c1ccc(=O)n(Cc2ccc(Cl)s2)c1. The molecule has 22 heavy (non-hydrogen) atoms. The third-order valence-electron chi connectivity index (χ3n) is 3.25. The largest absolute Gasteiger partial charge is 0.309 e. The second-order valence-electron chi connectivity index (χ2n) is 4.63. The zero-order valence-electron chi connectivity index (χ0n) is 12.3. The molecule has 0 fully saturated rings. The molecular formula is C14H17ClN2O3S2. The maximum absolute atomic E-state index is 12.5. The van der Waals surface area contributed by atoms with Gasteiger partial charge in [-0.2, -0.15) is 4.31 Å². The van der Waals surface area contributed by atoms with Gasteiger partial charge in [-0.3, -0.25) is 4.79 Å². The molecule has 0 aliphatic rings. The van der Waals surface area contributed by atoms with Crippen LogP contribution in [0.25, 0.3) is 0 Å². The van der Waals surface area contributed by atoms with E-state index in [-0.39, 0.29) is 10.5 Å². The fourth-order valence-electron chi connectivity index (χ4n) is 2.10. The first-order valence-corrected chi connectivity index (χ1v) is 9.46. The zero-order valence-corrected chi connectivity index (χ0v) is 14.7. The van der Waals surface area contributed by atoms with E-state index in [2.05, 4.69) is 0 Å². The zero-order chi connectivity index (χ0) is 16.3. The molecule has 0 aliphatic heterocycles. The maximum atomic E-state index is 12.5. The van der Waals surface area contributed by atoms with Gasteiger partial charge in [0, 0.05) is 30.2 Å². The van der Waals surface area contributed by atoms with Crippen molar-refractivity contribution in [2.45, 2.75) is 25.3 Å². The number of rotatable bonds is 6. The fraction of sp³-hybridized carbons (Fsp3) is 0.357. The molecule has 0 saturated heterocycles. The smallest absolute Gasteiger partial charge is 0.250 e. The van der Waals surface area contributed by atoms with Gasteiger partial charge in [0.2, 0.25) is 10.0 Å². The van der Waals surface area contributed by atoms with Crippen LogP contribution in [0.3, 0.4) is 0 Å². The van der Waals surface area contributed by atoms with E-state index in [4.69, 9.17) is 11.6 Å². The van der Waals surface area contributed by atoms with Crippen LogP contribution in [0.1, 0.15) is 18.7 Å². The summed E-state index contributed by atoms with van der Waals surface area (Å²) in [6, 6.07) is 6.22. The Morgan fingerprint density at radius 3 is 2.41 bits per heavy atom. The molecular weight excluding hydrogens is 344 g/mol. The monoisotopic (exact) mass is 360 g/mol. The van der Waals surface area contributed by atoms with Crippen molar-refractivity contribution in [3.63, 3.8) is 0 Å². The topological polar surface area (TPSA) is 59.4 Å². The summed E-state index contributed by atoms with van der Waals surface area (Å²) in [5.41, 5.74) is -0.247. The predicted octanol–water partition coefficient (Wildman–Crippen LogP) is 2.64. The van der Waals surface area contributed by atoms with Gasteiger partial charge >= 0.3 is 0 Å². The van der Waals surface area contributed by atoms with Crippen LogP contribution in [0.15, 0.2) is 40.2 Å². The lowest BCUT2D eigenvalue weighted by molar-refractivity contribution is 0.444. The quantitative estimate of drug-likeness (QED) is 0.795. The molecule has 0 aromatic carbocycles. The van der Waals surface area contributed by atoms with E-state index in [1.807, 2.05) is 6.07 Å². The van der Waals surface area contributed by atoms with Crippen molar-refractivity contribution in [3.05, 3.63) is 50.0 Å². The van der Waals surface area contributed by atoms with Gasteiger partial charge in [-0.15, -0.1) is 11.3 Å². The van der Waals surface area contributed by atoms with E-state index in [1.54, 1.807) is 19.9 Å². The Morgan fingerprint density at radius 2 is 1.86 bits per heavy atom. The first-order valence-electron chi connectivity index (χ1n) is 6.83. The van der Waals surface area contributed by atoms with Crippen molar-refractivity contribution in [2.75, 3.05) is 13.1 Å². The maximum Gasteiger partial charge on any atom is 0.250 e. The molecule has 2 aromatic heterocycles. The van der Waals surface area contributed by atoms with Crippen LogP contribution in [0.4, 0.5) is 0 Å². The molecule has 2 heterocycles. The Labute approximate surface area is 138 Å². The Kier molecular flexibility index (Phi) is 5.44. The Bertz CT molecular complexity index is 807. The highest BCUT2D eigenvalue weighted by atomic mass is 35.5. The molecule has 2 rings (SSSR count). The minimum absolute atomic E-state index is 0.124. The Hall–Kier alpha value is -1.15. The van der Waals surface area contributed by atoms with Gasteiger partial charge in [0.25, 0.3) is 5.56 Å². The van der Waals surface area contributed by atoms with Gasteiger partial charge in [-0.05, 0) is 18.2 Å².